The van der Waals surface area contributed by atoms with Crippen molar-refractivity contribution >= 4 is 15.9 Å². The van der Waals surface area contributed by atoms with E-state index in [-0.39, 0.29) is 0 Å². The molecular formula is C13H16BrN3. The average molecular weight is 294 g/mol. The molecule has 0 amide bonds. The Bertz CT molecular complexity index is 493. The van der Waals surface area contributed by atoms with Crippen molar-refractivity contribution in [3.05, 3.63) is 52.5 Å². The molecule has 1 aromatic heterocycles. The maximum absolute atomic E-state index is 5.87. The van der Waals surface area contributed by atoms with Gasteiger partial charge in [-0.3, -0.25) is 0 Å². The van der Waals surface area contributed by atoms with Crippen LogP contribution in [0.25, 0.3) is 0 Å². The molecule has 0 aliphatic rings. The second-order valence-electron chi connectivity index (χ2n) is 4.11. The Balaban J connectivity index is 2.20. The Kier molecular flexibility index (Phi) is 3.97. The molecule has 0 fully saturated rings. The van der Waals surface area contributed by atoms with Crippen molar-refractivity contribution in [2.45, 2.75) is 19.4 Å². The van der Waals surface area contributed by atoms with E-state index in [1.165, 1.54) is 5.56 Å². The summed E-state index contributed by atoms with van der Waals surface area (Å²) in [6.07, 6.45) is 3.82. The Morgan fingerprint density at radius 3 is 2.88 bits per heavy atom. The van der Waals surface area contributed by atoms with Gasteiger partial charge in [0, 0.05) is 35.9 Å². The molecule has 3 nitrogen and oxygen atoms in total. The van der Waals surface area contributed by atoms with Crippen LogP contribution in [0.1, 0.15) is 17.3 Å². The Labute approximate surface area is 110 Å². The molecule has 1 aromatic carbocycles. The van der Waals surface area contributed by atoms with Crippen LogP contribution < -0.4 is 5.73 Å². The quantitative estimate of drug-likeness (QED) is 0.942. The number of imidazole rings is 1. The number of benzene rings is 1. The minimum Gasteiger partial charge on any atom is -0.335 e. The molecule has 4 heteroatoms. The van der Waals surface area contributed by atoms with Gasteiger partial charge < -0.3 is 10.3 Å². The highest BCUT2D eigenvalue weighted by atomic mass is 79.9. The van der Waals surface area contributed by atoms with Crippen LogP contribution in [0.4, 0.5) is 0 Å². The third-order valence-corrected chi connectivity index (χ3v) is 3.44. The van der Waals surface area contributed by atoms with E-state index < -0.39 is 0 Å². The molecular weight excluding hydrogens is 278 g/mol. The molecule has 0 saturated heterocycles. The lowest BCUT2D eigenvalue weighted by Crippen LogP contribution is -2.18. The lowest BCUT2D eigenvalue weighted by Gasteiger charge is -2.17. The predicted molar refractivity (Wildman–Crippen MR) is 72.9 cm³/mol. The zero-order valence-corrected chi connectivity index (χ0v) is 11.4. The van der Waals surface area contributed by atoms with Crippen molar-refractivity contribution in [2.75, 3.05) is 6.54 Å². The van der Waals surface area contributed by atoms with Gasteiger partial charge in [0.2, 0.25) is 0 Å². The molecule has 0 aliphatic heterocycles. The first-order valence-corrected chi connectivity index (χ1v) is 6.43. The predicted octanol–water partition coefficient (Wildman–Crippen LogP) is 2.70. The van der Waals surface area contributed by atoms with Gasteiger partial charge in [0.1, 0.15) is 5.82 Å². The Hall–Kier alpha value is -1.13. The first-order valence-electron chi connectivity index (χ1n) is 5.64. The van der Waals surface area contributed by atoms with Crippen LogP contribution in [0.2, 0.25) is 0 Å². The fraction of sp³-hybridized carbons (Fsp3) is 0.308. The SMILES string of the molecule is Cc1nccn1CC(CN)c1cccc(Br)c1. The van der Waals surface area contributed by atoms with Gasteiger partial charge in [-0.25, -0.2) is 4.98 Å². The smallest absolute Gasteiger partial charge is 0.105 e. The van der Waals surface area contributed by atoms with E-state index in [0.717, 1.165) is 16.8 Å². The second-order valence-corrected chi connectivity index (χ2v) is 5.03. The van der Waals surface area contributed by atoms with Crippen LogP contribution >= 0.6 is 15.9 Å². The topological polar surface area (TPSA) is 43.8 Å². The van der Waals surface area contributed by atoms with Gasteiger partial charge >= 0.3 is 0 Å². The molecule has 0 spiro atoms. The minimum absolute atomic E-state index is 0.320. The highest BCUT2D eigenvalue weighted by Crippen LogP contribution is 2.21. The molecule has 2 rings (SSSR count). The molecule has 17 heavy (non-hydrogen) atoms. The number of hydrogen-bond acceptors (Lipinski definition) is 2. The van der Waals surface area contributed by atoms with Crippen molar-refractivity contribution in [3.63, 3.8) is 0 Å². The number of nitrogens with two attached hydrogens (primary N) is 1. The second kappa shape index (κ2) is 5.47. The summed E-state index contributed by atoms with van der Waals surface area (Å²) in [6, 6.07) is 8.32. The number of halogens is 1. The van der Waals surface area contributed by atoms with Crippen molar-refractivity contribution in [1.29, 1.82) is 0 Å². The zero-order valence-electron chi connectivity index (χ0n) is 9.81. The molecule has 2 N–H and O–H groups in total. The number of nitrogens with zero attached hydrogens (tertiary/aromatic N) is 2. The van der Waals surface area contributed by atoms with Gasteiger partial charge in [0.05, 0.1) is 0 Å². The van der Waals surface area contributed by atoms with Crippen molar-refractivity contribution in [1.82, 2.24) is 9.55 Å². The van der Waals surface area contributed by atoms with E-state index in [9.17, 15) is 0 Å². The van der Waals surface area contributed by atoms with Gasteiger partial charge in [-0.05, 0) is 24.6 Å². The van der Waals surface area contributed by atoms with E-state index >= 15 is 0 Å². The van der Waals surface area contributed by atoms with Crippen molar-refractivity contribution < 1.29 is 0 Å². The highest BCUT2D eigenvalue weighted by Gasteiger charge is 2.11. The van der Waals surface area contributed by atoms with Gasteiger partial charge in [-0.1, -0.05) is 28.1 Å². The summed E-state index contributed by atoms with van der Waals surface area (Å²) in [4.78, 5) is 4.23. The zero-order chi connectivity index (χ0) is 12.3. The molecule has 0 saturated carbocycles. The average Bonchev–Trinajstić information content (AvgIpc) is 2.71. The first kappa shape index (κ1) is 12.3. The third kappa shape index (κ3) is 2.96. The molecule has 90 valence electrons. The molecule has 0 aliphatic carbocycles. The van der Waals surface area contributed by atoms with Gasteiger partial charge in [0.15, 0.2) is 0 Å². The van der Waals surface area contributed by atoms with Gasteiger partial charge in [-0.15, -0.1) is 0 Å². The molecule has 1 atom stereocenters. The summed E-state index contributed by atoms with van der Waals surface area (Å²) in [7, 11) is 0. The summed E-state index contributed by atoms with van der Waals surface area (Å²) >= 11 is 3.49. The summed E-state index contributed by atoms with van der Waals surface area (Å²) in [5, 5.41) is 0. The molecule has 0 radical (unpaired) electrons. The summed E-state index contributed by atoms with van der Waals surface area (Å²) < 4.78 is 3.23. The van der Waals surface area contributed by atoms with Gasteiger partial charge in [0.25, 0.3) is 0 Å². The van der Waals surface area contributed by atoms with E-state index in [0.29, 0.717) is 12.5 Å². The number of rotatable bonds is 4. The van der Waals surface area contributed by atoms with E-state index in [1.54, 1.807) is 0 Å². The minimum atomic E-state index is 0.320. The highest BCUT2D eigenvalue weighted by molar-refractivity contribution is 9.10. The molecule has 1 unspecified atom stereocenters. The fourth-order valence-corrected chi connectivity index (χ4v) is 2.33. The Morgan fingerprint density at radius 1 is 1.47 bits per heavy atom. The maximum atomic E-state index is 5.87. The summed E-state index contributed by atoms with van der Waals surface area (Å²) in [5.41, 5.74) is 7.13. The summed E-state index contributed by atoms with van der Waals surface area (Å²) in [6.45, 7) is 3.52. The maximum Gasteiger partial charge on any atom is 0.105 e. The van der Waals surface area contributed by atoms with Crippen LogP contribution in [-0.4, -0.2) is 16.1 Å². The van der Waals surface area contributed by atoms with E-state index in [4.69, 9.17) is 5.73 Å². The first-order chi connectivity index (χ1) is 8.20. The van der Waals surface area contributed by atoms with Crippen molar-refractivity contribution in [3.8, 4) is 0 Å². The van der Waals surface area contributed by atoms with E-state index in [2.05, 4.69) is 37.6 Å². The monoisotopic (exact) mass is 293 g/mol. The number of aryl methyl sites for hydroxylation is 1. The molecule has 0 bridgehead atoms. The normalized spacial score (nSPS) is 12.6. The van der Waals surface area contributed by atoms with Crippen LogP contribution in [0, 0.1) is 6.92 Å². The van der Waals surface area contributed by atoms with Crippen LogP contribution in [0.15, 0.2) is 41.1 Å². The van der Waals surface area contributed by atoms with Crippen LogP contribution in [0.5, 0.6) is 0 Å². The molecule has 1 heterocycles. The number of aromatic nitrogens is 2. The largest absolute Gasteiger partial charge is 0.335 e. The Morgan fingerprint density at radius 2 is 2.29 bits per heavy atom. The lowest BCUT2D eigenvalue weighted by atomic mass is 9.99. The number of hydrogen-bond donors (Lipinski definition) is 1. The van der Waals surface area contributed by atoms with Crippen LogP contribution in [0.3, 0.4) is 0 Å². The standard InChI is InChI=1S/C13H16BrN3/c1-10-16-5-6-17(10)9-12(8-15)11-3-2-4-13(14)7-11/h2-7,12H,8-9,15H2,1H3. The van der Waals surface area contributed by atoms with E-state index in [1.807, 2.05) is 31.5 Å². The molecule has 2 aromatic rings. The van der Waals surface area contributed by atoms with Gasteiger partial charge in [-0.2, -0.15) is 0 Å². The third-order valence-electron chi connectivity index (χ3n) is 2.95. The van der Waals surface area contributed by atoms with Crippen LogP contribution in [-0.2, 0) is 6.54 Å². The fourth-order valence-electron chi connectivity index (χ4n) is 1.91. The summed E-state index contributed by atoms with van der Waals surface area (Å²) in [5.74, 6) is 1.35. The lowest BCUT2D eigenvalue weighted by molar-refractivity contribution is 0.555. The van der Waals surface area contributed by atoms with Crippen molar-refractivity contribution in [2.24, 2.45) is 5.73 Å².